The Morgan fingerprint density at radius 3 is 2.67 bits per heavy atom. The average molecular weight is 357 g/mol. The van der Waals surface area contributed by atoms with E-state index in [4.69, 9.17) is 4.74 Å². The zero-order valence-corrected chi connectivity index (χ0v) is 14.9. The van der Waals surface area contributed by atoms with Crippen molar-refractivity contribution in [3.05, 3.63) is 78.6 Å². The summed E-state index contributed by atoms with van der Waals surface area (Å²) in [4.78, 5) is 20.6. The van der Waals surface area contributed by atoms with Crippen LogP contribution in [0, 0.1) is 0 Å². The Labute approximate surface area is 157 Å². The van der Waals surface area contributed by atoms with Gasteiger partial charge < -0.3 is 10.1 Å². The van der Waals surface area contributed by atoms with Crippen molar-refractivity contribution in [3.8, 4) is 5.88 Å². The van der Waals surface area contributed by atoms with Crippen LogP contribution in [0.2, 0.25) is 0 Å². The van der Waals surface area contributed by atoms with E-state index >= 15 is 0 Å². The summed E-state index contributed by atoms with van der Waals surface area (Å²) in [6.07, 6.45) is 1.44. The third-order valence-electron chi connectivity index (χ3n) is 4.50. The van der Waals surface area contributed by atoms with Crippen LogP contribution < -0.4 is 10.1 Å². The summed E-state index contributed by atoms with van der Waals surface area (Å²) < 4.78 is 5.62. The van der Waals surface area contributed by atoms with Gasteiger partial charge in [0.2, 0.25) is 5.88 Å². The molecule has 0 aliphatic rings. The van der Waals surface area contributed by atoms with Crippen molar-refractivity contribution in [3.63, 3.8) is 0 Å². The number of hydrogen-bond acceptors (Lipinski definition) is 4. The number of fused-ring (bicyclic) bond motifs is 2. The van der Waals surface area contributed by atoms with Crippen molar-refractivity contribution in [1.82, 2.24) is 15.3 Å². The predicted molar refractivity (Wildman–Crippen MR) is 106 cm³/mol. The third-order valence-corrected chi connectivity index (χ3v) is 4.50. The highest BCUT2D eigenvalue weighted by Gasteiger charge is 2.12. The summed E-state index contributed by atoms with van der Waals surface area (Å²) in [5.74, 6) is 0.215. The first-order chi connectivity index (χ1) is 13.2. The van der Waals surface area contributed by atoms with Crippen LogP contribution in [0.1, 0.15) is 18.5 Å². The van der Waals surface area contributed by atoms with Gasteiger partial charge in [0.15, 0.2) is 6.61 Å². The summed E-state index contributed by atoms with van der Waals surface area (Å²) in [5.41, 5.74) is 1.84. The molecule has 27 heavy (non-hydrogen) atoms. The molecule has 4 aromatic rings. The van der Waals surface area contributed by atoms with Gasteiger partial charge in [-0.3, -0.25) is 4.79 Å². The fourth-order valence-corrected chi connectivity index (χ4v) is 3.07. The Bertz CT molecular complexity index is 1110. The normalized spacial score (nSPS) is 12.0. The van der Waals surface area contributed by atoms with Gasteiger partial charge >= 0.3 is 0 Å². The number of nitrogens with one attached hydrogen (secondary N) is 1. The molecule has 0 spiro atoms. The lowest BCUT2D eigenvalue weighted by atomic mass is 10.0. The molecule has 1 unspecified atom stereocenters. The quantitative estimate of drug-likeness (QED) is 0.585. The maximum Gasteiger partial charge on any atom is 0.258 e. The molecule has 1 amide bonds. The van der Waals surface area contributed by atoms with Gasteiger partial charge in [-0.15, -0.1) is 0 Å². The molecule has 134 valence electrons. The van der Waals surface area contributed by atoms with Crippen LogP contribution in [0.15, 0.2) is 73.1 Å². The molecule has 1 aromatic heterocycles. The Hall–Kier alpha value is -3.47. The number of rotatable bonds is 5. The molecule has 1 atom stereocenters. The van der Waals surface area contributed by atoms with Crippen molar-refractivity contribution in [1.29, 1.82) is 0 Å². The van der Waals surface area contributed by atoms with E-state index in [2.05, 4.69) is 39.6 Å². The molecule has 5 heteroatoms. The number of carbonyl (C=O) groups excluding carboxylic acids is 1. The van der Waals surface area contributed by atoms with Crippen molar-refractivity contribution in [2.45, 2.75) is 13.0 Å². The second-order valence-corrected chi connectivity index (χ2v) is 6.38. The summed E-state index contributed by atoms with van der Waals surface area (Å²) in [7, 11) is 0. The molecule has 0 bridgehead atoms. The van der Waals surface area contributed by atoms with Gasteiger partial charge in [-0.05, 0) is 41.5 Å². The van der Waals surface area contributed by atoms with Gasteiger partial charge in [-0.25, -0.2) is 9.97 Å². The van der Waals surface area contributed by atoms with Crippen LogP contribution in [0.4, 0.5) is 0 Å². The molecule has 0 fully saturated rings. The number of amides is 1. The van der Waals surface area contributed by atoms with Crippen LogP contribution in [0.5, 0.6) is 5.88 Å². The first-order valence-electron chi connectivity index (χ1n) is 8.81. The van der Waals surface area contributed by atoms with Crippen LogP contribution in [-0.2, 0) is 4.79 Å². The topological polar surface area (TPSA) is 64.1 Å². The van der Waals surface area contributed by atoms with Gasteiger partial charge in [-0.2, -0.15) is 0 Å². The molecule has 4 rings (SSSR count). The molecule has 1 heterocycles. The highest BCUT2D eigenvalue weighted by atomic mass is 16.5. The van der Waals surface area contributed by atoms with E-state index in [1.165, 1.54) is 11.7 Å². The Morgan fingerprint density at radius 2 is 1.78 bits per heavy atom. The lowest BCUT2D eigenvalue weighted by Crippen LogP contribution is -2.31. The van der Waals surface area contributed by atoms with E-state index in [-0.39, 0.29) is 18.6 Å². The average Bonchev–Trinajstić information content (AvgIpc) is 2.71. The summed E-state index contributed by atoms with van der Waals surface area (Å²) in [6.45, 7) is 1.86. The number of para-hydroxylation sites is 1. The van der Waals surface area contributed by atoms with Gasteiger partial charge in [-0.1, -0.05) is 48.5 Å². The minimum Gasteiger partial charge on any atom is -0.467 e. The molecular formula is C22H19N3O2. The Kier molecular flexibility index (Phi) is 4.66. The fraction of sp³-hybridized carbons (Fsp3) is 0.136. The van der Waals surface area contributed by atoms with E-state index in [0.717, 1.165) is 21.9 Å². The molecule has 0 saturated heterocycles. The highest BCUT2D eigenvalue weighted by Crippen LogP contribution is 2.21. The highest BCUT2D eigenvalue weighted by molar-refractivity contribution is 5.85. The van der Waals surface area contributed by atoms with Crippen LogP contribution in [0.25, 0.3) is 21.7 Å². The first kappa shape index (κ1) is 17.0. The lowest BCUT2D eigenvalue weighted by Gasteiger charge is -2.15. The molecule has 0 aliphatic heterocycles. The second-order valence-electron chi connectivity index (χ2n) is 6.38. The maximum absolute atomic E-state index is 12.3. The minimum absolute atomic E-state index is 0.0983. The molecule has 0 radical (unpaired) electrons. The Morgan fingerprint density at radius 1 is 1.00 bits per heavy atom. The largest absolute Gasteiger partial charge is 0.467 e. The van der Waals surface area contributed by atoms with E-state index < -0.39 is 0 Å². The van der Waals surface area contributed by atoms with Gasteiger partial charge in [0.1, 0.15) is 6.33 Å². The van der Waals surface area contributed by atoms with Crippen LogP contribution >= 0.6 is 0 Å². The Balaban J connectivity index is 1.42. The summed E-state index contributed by atoms with van der Waals surface area (Å²) in [5, 5.41) is 6.09. The fourth-order valence-electron chi connectivity index (χ4n) is 3.07. The molecule has 0 aliphatic carbocycles. The molecular weight excluding hydrogens is 338 g/mol. The maximum atomic E-state index is 12.3. The van der Waals surface area contributed by atoms with Crippen LogP contribution in [0.3, 0.4) is 0 Å². The van der Waals surface area contributed by atoms with Crippen molar-refractivity contribution in [2.24, 2.45) is 0 Å². The van der Waals surface area contributed by atoms with E-state index in [1.807, 2.05) is 49.4 Å². The van der Waals surface area contributed by atoms with Crippen molar-refractivity contribution >= 4 is 27.6 Å². The van der Waals surface area contributed by atoms with Crippen LogP contribution in [-0.4, -0.2) is 22.5 Å². The van der Waals surface area contributed by atoms with E-state index in [1.54, 1.807) is 0 Å². The smallest absolute Gasteiger partial charge is 0.258 e. The molecule has 0 saturated carbocycles. The minimum atomic E-state index is -0.196. The van der Waals surface area contributed by atoms with Crippen molar-refractivity contribution < 1.29 is 9.53 Å². The van der Waals surface area contributed by atoms with E-state index in [0.29, 0.717) is 5.88 Å². The third kappa shape index (κ3) is 3.72. The summed E-state index contributed by atoms with van der Waals surface area (Å²) in [6, 6.07) is 21.8. The zero-order valence-electron chi connectivity index (χ0n) is 14.9. The molecule has 3 aromatic carbocycles. The molecule has 1 N–H and O–H groups in total. The van der Waals surface area contributed by atoms with Gasteiger partial charge in [0, 0.05) is 0 Å². The van der Waals surface area contributed by atoms with Crippen molar-refractivity contribution in [2.75, 3.05) is 6.61 Å². The van der Waals surface area contributed by atoms with E-state index in [9.17, 15) is 4.79 Å². The van der Waals surface area contributed by atoms with Gasteiger partial charge in [0.25, 0.3) is 5.91 Å². The second kappa shape index (κ2) is 7.41. The number of ether oxygens (including phenoxy) is 1. The summed E-state index contributed by atoms with van der Waals surface area (Å²) >= 11 is 0. The number of hydrogen-bond donors (Lipinski definition) is 1. The number of benzene rings is 3. The monoisotopic (exact) mass is 357 g/mol. The number of carbonyl (C=O) groups is 1. The number of nitrogens with zero attached hydrogens (tertiary/aromatic N) is 2. The zero-order chi connectivity index (χ0) is 18.6. The van der Waals surface area contributed by atoms with Gasteiger partial charge in [0.05, 0.1) is 16.9 Å². The lowest BCUT2D eigenvalue weighted by molar-refractivity contribution is -0.123. The first-order valence-corrected chi connectivity index (χ1v) is 8.81. The SMILES string of the molecule is CC(NC(=O)COc1ncnc2ccccc12)c1ccc2ccccc2c1. The number of aromatic nitrogens is 2. The predicted octanol–water partition coefficient (Wildman–Crippen LogP) is 4.04. The molecule has 5 nitrogen and oxygen atoms in total. The standard InChI is InChI=1S/C22H19N3O2/c1-15(17-11-10-16-6-2-3-7-18(16)12-17)25-21(26)13-27-22-19-8-4-5-9-20(19)23-14-24-22/h2-12,14-15H,13H2,1H3,(H,25,26).